The maximum atomic E-state index is 11.7. The summed E-state index contributed by atoms with van der Waals surface area (Å²) in [5.74, 6) is 0. The van der Waals surface area contributed by atoms with Crippen LogP contribution < -0.4 is 0 Å². The van der Waals surface area contributed by atoms with Gasteiger partial charge in [0.15, 0.2) is 5.04 Å². The topological polar surface area (TPSA) is 59.0 Å². The summed E-state index contributed by atoms with van der Waals surface area (Å²) in [6, 6.07) is 0. The van der Waals surface area contributed by atoms with Crippen molar-refractivity contribution >= 4 is 30.8 Å². The highest BCUT2D eigenvalue weighted by Gasteiger charge is 2.29. The fourth-order valence-corrected chi connectivity index (χ4v) is 3.07. The summed E-state index contributed by atoms with van der Waals surface area (Å²) in [7, 11) is -3.32. The summed E-state index contributed by atoms with van der Waals surface area (Å²) in [4.78, 5) is 5.93. The number of rotatable bonds is 2. The van der Waals surface area contributed by atoms with Crippen molar-refractivity contribution in [3.63, 3.8) is 0 Å². The summed E-state index contributed by atoms with van der Waals surface area (Å²) < 4.78 is 28.7. The van der Waals surface area contributed by atoms with Crippen LogP contribution in [0.4, 0.5) is 0 Å². The van der Waals surface area contributed by atoms with Crippen LogP contribution in [-0.2, 0) is 14.6 Å². The number of ether oxygens (including phenoxy) is 1. The highest BCUT2D eigenvalue weighted by atomic mass is 79.9. The lowest BCUT2D eigenvalue weighted by molar-refractivity contribution is 0.0455. The predicted octanol–water partition coefficient (Wildman–Crippen LogP) is 0.339. The number of sulfone groups is 1. The van der Waals surface area contributed by atoms with Gasteiger partial charge in [-0.2, -0.15) is 0 Å². The molecule has 0 radical (unpaired) electrons. The fourth-order valence-electron chi connectivity index (χ4n) is 1.45. The molecular weight excluding hydrogens is 284 g/mol. The van der Waals surface area contributed by atoms with Crippen molar-refractivity contribution in [1.29, 1.82) is 0 Å². The molecule has 7 heteroatoms. The first-order chi connectivity index (χ1) is 7.10. The van der Waals surface area contributed by atoms with E-state index in [4.69, 9.17) is 4.74 Å². The summed E-state index contributed by atoms with van der Waals surface area (Å²) in [5, 5.41) is 0.219. The Morgan fingerprint density at radius 2 is 2.13 bits per heavy atom. The van der Waals surface area contributed by atoms with Gasteiger partial charge >= 0.3 is 0 Å². The Morgan fingerprint density at radius 3 is 2.67 bits per heavy atom. The van der Waals surface area contributed by atoms with Crippen molar-refractivity contribution in [2.75, 3.05) is 32.8 Å². The zero-order valence-corrected chi connectivity index (χ0v) is 10.4. The SMILES string of the molecule is O=S1(=O)C(Br)=CN=C1CN1CCOCC1. The molecule has 2 aliphatic rings. The molecule has 1 saturated heterocycles. The quantitative estimate of drug-likeness (QED) is 0.737. The standard InChI is InChI=1S/C8H11BrN2O3S/c9-7-5-10-8(15(7,12)13)6-11-1-3-14-4-2-11/h5H,1-4,6H2. The summed E-state index contributed by atoms with van der Waals surface area (Å²) >= 11 is 2.98. The van der Waals surface area contributed by atoms with E-state index in [9.17, 15) is 8.42 Å². The number of hydrogen-bond donors (Lipinski definition) is 0. The normalized spacial score (nSPS) is 26.2. The number of nitrogens with zero attached hydrogens (tertiary/aromatic N) is 2. The molecule has 0 saturated carbocycles. The van der Waals surface area contributed by atoms with E-state index in [-0.39, 0.29) is 8.86 Å². The van der Waals surface area contributed by atoms with Gasteiger partial charge in [0.05, 0.1) is 26.0 Å². The van der Waals surface area contributed by atoms with E-state index in [0.29, 0.717) is 19.8 Å². The van der Waals surface area contributed by atoms with Crippen molar-refractivity contribution in [3.8, 4) is 0 Å². The van der Waals surface area contributed by atoms with Crippen molar-refractivity contribution in [2.45, 2.75) is 0 Å². The van der Waals surface area contributed by atoms with Gasteiger partial charge in [0.1, 0.15) is 3.81 Å². The second-order valence-electron chi connectivity index (χ2n) is 3.35. The third-order valence-electron chi connectivity index (χ3n) is 2.34. The Hall–Kier alpha value is -0.240. The lowest BCUT2D eigenvalue weighted by Crippen LogP contribution is -2.40. The summed E-state index contributed by atoms with van der Waals surface area (Å²) in [6.07, 6.45) is 1.34. The van der Waals surface area contributed by atoms with Gasteiger partial charge < -0.3 is 4.74 Å². The number of morpholine rings is 1. The lowest BCUT2D eigenvalue weighted by atomic mass is 10.4. The van der Waals surface area contributed by atoms with Gasteiger partial charge in [-0.15, -0.1) is 0 Å². The smallest absolute Gasteiger partial charge is 0.229 e. The molecule has 0 amide bonds. The van der Waals surface area contributed by atoms with Gasteiger partial charge in [0.25, 0.3) is 0 Å². The molecule has 0 aliphatic carbocycles. The minimum atomic E-state index is -3.32. The van der Waals surface area contributed by atoms with Crippen molar-refractivity contribution < 1.29 is 13.2 Å². The van der Waals surface area contributed by atoms with Gasteiger partial charge in [0, 0.05) is 13.1 Å². The highest BCUT2D eigenvalue weighted by Crippen LogP contribution is 2.23. The van der Waals surface area contributed by atoms with E-state index in [1.165, 1.54) is 6.20 Å². The molecule has 84 valence electrons. The maximum Gasteiger partial charge on any atom is 0.229 e. The maximum absolute atomic E-state index is 11.7. The van der Waals surface area contributed by atoms with Crippen LogP contribution in [0.1, 0.15) is 0 Å². The van der Waals surface area contributed by atoms with Crippen molar-refractivity contribution in [2.24, 2.45) is 4.99 Å². The Kier molecular flexibility index (Phi) is 3.24. The molecule has 1 fully saturated rings. The molecule has 15 heavy (non-hydrogen) atoms. The number of aliphatic imine (C=N–C) groups is 1. The first kappa shape index (κ1) is 11.3. The molecule has 5 nitrogen and oxygen atoms in total. The number of halogens is 1. The van der Waals surface area contributed by atoms with E-state index >= 15 is 0 Å². The summed E-state index contributed by atoms with van der Waals surface area (Å²) in [6.45, 7) is 3.19. The molecule has 0 aromatic rings. The Bertz CT molecular complexity index is 410. The Balaban J connectivity index is 2.02. The van der Waals surface area contributed by atoms with Crippen molar-refractivity contribution in [1.82, 2.24) is 4.90 Å². The lowest BCUT2D eigenvalue weighted by Gasteiger charge is -2.26. The van der Waals surface area contributed by atoms with Crippen LogP contribution in [0.15, 0.2) is 15.0 Å². The molecule has 0 aromatic carbocycles. The third kappa shape index (κ3) is 2.30. The second kappa shape index (κ2) is 4.32. The predicted molar refractivity (Wildman–Crippen MR) is 60.6 cm³/mol. The molecule has 2 heterocycles. The molecule has 0 bridgehead atoms. The first-order valence-corrected chi connectivity index (χ1v) is 6.86. The summed E-state index contributed by atoms with van der Waals surface area (Å²) in [5.41, 5.74) is 0. The molecule has 0 unspecified atom stereocenters. The van der Waals surface area contributed by atoms with Crippen LogP contribution in [0.3, 0.4) is 0 Å². The zero-order valence-electron chi connectivity index (χ0n) is 8.02. The Morgan fingerprint density at radius 1 is 1.47 bits per heavy atom. The fraction of sp³-hybridized carbons (Fsp3) is 0.625. The highest BCUT2D eigenvalue weighted by molar-refractivity contribution is 9.14. The minimum Gasteiger partial charge on any atom is -0.379 e. The van der Waals surface area contributed by atoms with Crippen LogP contribution >= 0.6 is 15.9 Å². The van der Waals surface area contributed by atoms with E-state index in [1.54, 1.807) is 0 Å². The zero-order chi connectivity index (χ0) is 10.9. The van der Waals surface area contributed by atoms with Crippen molar-refractivity contribution in [3.05, 3.63) is 10.0 Å². The first-order valence-electron chi connectivity index (χ1n) is 4.58. The van der Waals surface area contributed by atoms with E-state index < -0.39 is 9.84 Å². The van der Waals surface area contributed by atoms with E-state index in [2.05, 4.69) is 20.9 Å². The van der Waals surface area contributed by atoms with Crippen LogP contribution in [0.2, 0.25) is 0 Å². The van der Waals surface area contributed by atoms with Crippen LogP contribution in [0, 0.1) is 0 Å². The largest absolute Gasteiger partial charge is 0.379 e. The van der Waals surface area contributed by atoms with E-state index in [1.807, 2.05) is 4.90 Å². The third-order valence-corrected chi connectivity index (χ3v) is 5.30. The molecule has 2 rings (SSSR count). The monoisotopic (exact) mass is 294 g/mol. The van der Waals surface area contributed by atoms with Gasteiger partial charge in [-0.05, 0) is 15.9 Å². The molecule has 0 aromatic heterocycles. The molecule has 0 N–H and O–H groups in total. The van der Waals surface area contributed by atoms with Gasteiger partial charge in [-0.1, -0.05) is 0 Å². The average Bonchev–Trinajstić information content (AvgIpc) is 2.47. The molecule has 0 spiro atoms. The minimum absolute atomic E-state index is 0.151. The average molecular weight is 295 g/mol. The Labute approximate surface area is 96.9 Å². The molecular formula is C8H11BrN2O3S. The van der Waals surface area contributed by atoms with Crippen LogP contribution in [-0.4, -0.2) is 51.2 Å². The van der Waals surface area contributed by atoms with Crippen LogP contribution in [0.25, 0.3) is 0 Å². The van der Waals surface area contributed by atoms with E-state index in [0.717, 1.165) is 13.1 Å². The second-order valence-corrected chi connectivity index (χ2v) is 6.65. The number of hydrogen-bond acceptors (Lipinski definition) is 5. The van der Waals surface area contributed by atoms with Gasteiger partial charge in [-0.25, -0.2) is 13.4 Å². The molecule has 0 atom stereocenters. The van der Waals surface area contributed by atoms with Gasteiger partial charge in [0.2, 0.25) is 9.84 Å². The molecule has 2 aliphatic heterocycles. The van der Waals surface area contributed by atoms with Gasteiger partial charge in [-0.3, -0.25) is 4.90 Å². The van der Waals surface area contributed by atoms with Crippen LogP contribution in [0.5, 0.6) is 0 Å².